The van der Waals surface area contributed by atoms with Gasteiger partial charge in [0.1, 0.15) is 5.75 Å². The first-order valence-corrected chi connectivity index (χ1v) is 7.82. The minimum atomic E-state index is 0.541. The Morgan fingerprint density at radius 2 is 2.15 bits per heavy atom. The van der Waals surface area contributed by atoms with Crippen LogP contribution < -0.4 is 10.1 Å². The van der Waals surface area contributed by atoms with Crippen molar-refractivity contribution in [3.8, 4) is 5.75 Å². The summed E-state index contributed by atoms with van der Waals surface area (Å²) in [5.74, 6) is 1.72. The molecule has 1 aromatic carbocycles. The van der Waals surface area contributed by atoms with Crippen LogP contribution in [-0.2, 0) is 11.3 Å². The maximum atomic E-state index is 5.67. The summed E-state index contributed by atoms with van der Waals surface area (Å²) >= 11 is 0. The van der Waals surface area contributed by atoms with Gasteiger partial charge in [-0.15, -0.1) is 0 Å². The molecule has 1 saturated heterocycles. The highest BCUT2D eigenvalue weighted by Crippen LogP contribution is 2.19. The third-order valence-electron chi connectivity index (χ3n) is 3.97. The summed E-state index contributed by atoms with van der Waals surface area (Å²) in [6.07, 6.45) is 3.39. The molecule has 0 bridgehead atoms. The van der Waals surface area contributed by atoms with Crippen LogP contribution in [0.3, 0.4) is 0 Å². The van der Waals surface area contributed by atoms with Crippen molar-refractivity contribution in [3.05, 3.63) is 29.8 Å². The van der Waals surface area contributed by atoms with Gasteiger partial charge in [-0.3, -0.25) is 0 Å². The monoisotopic (exact) mass is 277 g/mol. The first-order chi connectivity index (χ1) is 9.79. The summed E-state index contributed by atoms with van der Waals surface area (Å²) in [6, 6.07) is 8.93. The maximum Gasteiger partial charge on any atom is 0.119 e. The second-order valence-electron chi connectivity index (χ2n) is 5.62. The van der Waals surface area contributed by atoms with Crippen LogP contribution in [0.1, 0.15) is 38.7 Å². The number of ether oxygens (including phenoxy) is 2. The van der Waals surface area contributed by atoms with E-state index in [2.05, 4.69) is 37.4 Å². The van der Waals surface area contributed by atoms with Crippen molar-refractivity contribution in [2.45, 2.75) is 45.7 Å². The van der Waals surface area contributed by atoms with Crippen LogP contribution in [-0.4, -0.2) is 25.9 Å². The third-order valence-corrected chi connectivity index (χ3v) is 3.97. The zero-order valence-corrected chi connectivity index (χ0v) is 12.7. The van der Waals surface area contributed by atoms with E-state index in [1.54, 1.807) is 0 Å². The molecule has 3 heteroatoms. The quantitative estimate of drug-likeness (QED) is 0.829. The molecule has 1 heterocycles. The number of hydrogen-bond donors (Lipinski definition) is 1. The van der Waals surface area contributed by atoms with Crippen LogP contribution in [0.5, 0.6) is 5.75 Å². The molecule has 0 amide bonds. The van der Waals surface area contributed by atoms with E-state index in [9.17, 15) is 0 Å². The van der Waals surface area contributed by atoms with Crippen LogP contribution >= 0.6 is 0 Å². The number of rotatable bonds is 7. The number of benzene rings is 1. The molecule has 3 nitrogen and oxygen atoms in total. The molecule has 1 fully saturated rings. The first kappa shape index (κ1) is 15.3. The summed E-state index contributed by atoms with van der Waals surface area (Å²) in [7, 11) is 0. The van der Waals surface area contributed by atoms with Gasteiger partial charge in [-0.1, -0.05) is 19.1 Å². The second-order valence-corrected chi connectivity index (χ2v) is 5.62. The fourth-order valence-corrected chi connectivity index (χ4v) is 2.63. The van der Waals surface area contributed by atoms with Crippen LogP contribution in [0.2, 0.25) is 0 Å². The molecule has 0 aromatic heterocycles. The van der Waals surface area contributed by atoms with Crippen molar-refractivity contribution < 1.29 is 9.47 Å². The molecule has 0 saturated carbocycles. The second kappa shape index (κ2) is 8.28. The molecule has 1 unspecified atom stereocenters. The Labute approximate surface area is 122 Å². The van der Waals surface area contributed by atoms with Gasteiger partial charge in [-0.2, -0.15) is 0 Å². The molecule has 0 aliphatic carbocycles. The predicted molar refractivity (Wildman–Crippen MR) is 82.1 cm³/mol. The predicted octanol–water partition coefficient (Wildman–Crippen LogP) is 3.38. The Balaban J connectivity index is 1.80. The Kier molecular flexibility index (Phi) is 6.34. The van der Waals surface area contributed by atoms with Crippen molar-refractivity contribution in [2.24, 2.45) is 5.92 Å². The molecular weight excluding hydrogens is 250 g/mol. The highest BCUT2D eigenvalue weighted by atomic mass is 16.5. The summed E-state index contributed by atoms with van der Waals surface area (Å²) in [5.41, 5.74) is 1.29. The summed E-state index contributed by atoms with van der Waals surface area (Å²) in [6.45, 7) is 7.93. The van der Waals surface area contributed by atoms with Gasteiger partial charge in [-0.05, 0) is 49.8 Å². The SMILES string of the molecule is CCCOc1cccc(CNC(C)C2CCOCC2)c1. The lowest BCUT2D eigenvalue weighted by Crippen LogP contribution is -2.36. The van der Waals surface area contributed by atoms with Crippen molar-refractivity contribution in [3.63, 3.8) is 0 Å². The Morgan fingerprint density at radius 3 is 2.90 bits per heavy atom. The standard InChI is InChI=1S/C17H27NO2/c1-3-9-20-17-6-4-5-15(12-17)13-18-14(2)16-7-10-19-11-8-16/h4-6,12,14,16,18H,3,7-11,13H2,1-2H3. The van der Waals surface area contributed by atoms with Crippen LogP contribution in [0.25, 0.3) is 0 Å². The minimum absolute atomic E-state index is 0.541. The molecular formula is C17H27NO2. The van der Waals surface area contributed by atoms with E-state index >= 15 is 0 Å². The van der Waals surface area contributed by atoms with Gasteiger partial charge in [0.15, 0.2) is 0 Å². The zero-order valence-electron chi connectivity index (χ0n) is 12.7. The smallest absolute Gasteiger partial charge is 0.119 e. The van der Waals surface area contributed by atoms with Crippen molar-refractivity contribution >= 4 is 0 Å². The lowest BCUT2D eigenvalue weighted by Gasteiger charge is -2.28. The van der Waals surface area contributed by atoms with Crippen LogP contribution in [0.4, 0.5) is 0 Å². The Hall–Kier alpha value is -1.06. The fraction of sp³-hybridized carbons (Fsp3) is 0.647. The molecule has 1 N–H and O–H groups in total. The topological polar surface area (TPSA) is 30.5 Å². The summed E-state index contributed by atoms with van der Waals surface area (Å²) in [4.78, 5) is 0. The van der Waals surface area contributed by atoms with Gasteiger partial charge in [0.25, 0.3) is 0 Å². The number of nitrogens with one attached hydrogen (secondary N) is 1. The largest absolute Gasteiger partial charge is 0.494 e. The third kappa shape index (κ3) is 4.80. The average Bonchev–Trinajstić information content (AvgIpc) is 2.52. The molecule has 2 rings (SSSR count). The zero-order chi connectivity index (χ0) is 14.2. The molecule has 112 valence electrons. The van der Waals surface area contributed by atoms with Gasteiger partial charge < -0.3 is 14.8 Å². The average molecular weight is 277 g/mol. The van der Waals surface area contributed by atoms with Gasteiger partial charge in [-0.25, -0.2) is 0 Å². The van der Waals surface area contributed by atoms with Crippen molar-refractivity contribution in [1.82, 2.24) is 5.32 Å². The highest BCUT2D eigenvalue weighted by molar-refractivity contribution is 5.28. The van der Waals surface area contributed by atoms with E-state index in [4.69, 9.17) is 9.47 Å². The van der Waals surface area contributed by atoms with Gasteiger partial charge in [0, 0.05) is 25.8 Å². The molecule has 1 aromatic rings. The Bertz CT molecular complexity index is 388. The van der Waals surface area contributed by atoms with E-state index in [1.807, 2.05) is 6.07 Å². The number of hydrogen-bond acceptors (Lipinski definition) is 3. The van der Waals surface area contributed by atoms with Crippen LogP contribution in [0, 0.1) is 5.92 Å². The van der Waals surface area contributed by atoms with Gasteiger partial charge >= 0.3 is 0 Å². The Morgan fingerprint density at radius 1 is 1.35 bits per heavy atom. The summed E-state index contributed by atoms with van der Waals surface area (Å²) < 4.78 is 11.1. The van der Waals surface area contributed by atoms with Crippen LogP contribution in [0.15, 0.2) is 24.3 Å². The lowest BCUT2D eigenvalue weighted by atomic mass is 9.93. The highest BCUT2D eigenvalue weighted by Gasteiger charge is 2.19. The molecule has 1 aliphatic rings. The van der Waals surface area contributed by atoms with E-state index in [0.29, 0.717) is 6.04 Å². The van der Waals surface area contributed by atoms with Crippen molar-refractivity contribution in [2.75, 3.05) is 19.8 Å². The van der Waals surface area contributed by atoms with Crippen molar-refractivity contribution in [1.29, 1.82) is 0 Å². The van der Waals surface area contributed by atoms with E-state index in [1.165, 1.54) is 18.4 Å². The molecule has 0 spiro atoms. The molecule has 20 heavy (non-hydrogen) atoms. The fourth-order valence-electron chi connectivity index (χ4n) is 2.63. The normalized spacial score (nSPS) is 17.9. The van der Waals surface area contributed by atoms with Gasteiger partial charge in [0.05, 0.1) is 6.61 Å². The summed E-state index contributed by atoms with van der Waals surface area (Å²) in [5, 5.41) is 3.64. The molecule has 1 aliphatic heterocycles. The van der Waals surface area contributed by atoms with E-state index < -0.39 is 0 Å². The molecule has 1 atom stereocenters. The van der Waals surface area contributed by atoms with E-state index in [0.717, 1.165) is 44.5 Å². The van der Waals surface area contributed by atoms with E-state index in [-0.39, 0.29) is 0 Å². The maximum absolute atomic E-state index is 5.67. The lowest BCUT2D eigenvalue weighted by molar-refractivity contribution is 0.0558. The minimum Gasteiger partial charge on any atom is -0.494 e. The van der Waals surface area contributed by atoms with Gasteiger partial charge in [0.2, 0.25) is 0 Å². The first-order valence-electron chi connectivity index (χ1n) is 7.82. The molecule has 0 radical (unpaired) electrons.